The first-order chi connectivity index (χ1) is 17.9. The number of rotatable bonds is 14. The quantitative estimate of drug-likeness (QED) is 0.0896. The summed E-state index contributed by atoms with van der Waals surface area (Å²) in [5.74, 6) is -1.44. The Kier molecular flexibility index (Phi) is 9.69. The number of carbonyl (C=O) groups is 1. The number of aliphatic hydroxyl groups excluding tert-OH is 1. The minimum absolute atomic E-state index is 0.0648. The SMILES string of the molecule is C=C(C(=O)[O-])C(c1ccccc1)(c1ccccc1)[N+](=Cc1ccc([N+](=O)[O-])cc1)OCCCCCCO. The molecule has 0 saturated heterocycles. The third kappa shape index (κ3) is 6.48. The van der Waals surface area contributed by atoms with Crippen molar-refractivity contribution in [1.29, 1.82) is 0 Å². The van der Waals surface area contributed by atoms with Crippen LogP contribution in [0.3, 0.4) is 0 Å². The van der Waals surface area contributed by atoms with Crippen LogP contribution in [0.5, 0.6) is 0 Å². The van der Waals surface area contributed by atoms with Gasteiger partial charge in [-0.05, 0) is 36.1 Å². The molecule has 8 heteroatoms. The number of hydroxylamine groups is 1. The smallest absolute Gasteiger partial charge is 0.287 e. The molecule has 0 aliphatic carbocycles. The summed E-state index contributed by atoms with van der Waals surface area (Å²) in [6.07, 6.45) is 4.63. The van der Waals surface area contributed by atoms with Crippen LogP contribution >= 0.6 is 0 Å². The Labute approximate surface area is 215 Å². The van der Waals surface area contributed by atoms with Crippen molar-refractivity contribution in [2.24, 2.45) is 0 Å². The Bertz CT molecular complexity index is 1180. The number of carboxylic acids is 1. The van der Waals surface area contributed by atoms with Gasteiger partial charge in [0.1, 0.15) is 0 Å². The molecule has 3 aromatic carbocycles. The molecule has 0 spiro atoms. The van der Waals surface area contributed by atoms with Crippen LogP contribution in [-0.4, -0.2) is 40.2 Å². The van der Waals surface area contributed by atoms with Crippen LogP contribution in [0.1, 0.15) is 42.4 Å². The van der Waals surface area contributed by atoms with Gasteiger partial charge in [-0.25, -0.2) is 0 Å². The zero-order chi connectivity index (χ0) is 26.7. The van der Waals surface area contributed by atoms with Crippen molar-refractivity contribution in [3.8, 4) is 0 Å². The maximum atomic E-state index is 12.4. The fourth-order valence-electron chi connectivity index (χ4n) is 4.19. The standard InChI is InChI=1S/C29H30N2O6/c1-23(28(33)34)29(25-12-6-4-7-13-25,26-14-8-5-9-15-26)30(37-21-11-3-2-10-20-32)22-24-16-18-27(19-17-24)31(35)36/h4-9,12-19,22,32H,1-3,10-11,20-21H2. The van der Waals surface area contributed by atoms with E-state index in [9.17, 15) is 20.0 Å². The van der Waals surface area contributed by atoms with E-state index in [2.05, 4.69) is 6.58 Å². The summed E-state index contributed by atoms with van der Waals surface area (Å²) in [5, 5.41) is 32.6. The van der Waals surface area contributed by atoms with Crippen LogP contribution in [0.25, 0.3) is 0 Å². The lowest BCUT2D eigenvalue weighted by Gasteiger charge is -2.32. The van der Waals surface area contributed by atoms with Gasteiger partial charge in [-0.1, -0.05) is 73.7 Å². The molecule has 0 unspecified atom stereocenters. The van der Waals surface area contributed by atoms with Gasteiger partial charge in [0.25, 0.3) is 11.2 Å². The first kappa shape index (κ1) is 27.3. The fourth-order valence-corrected chi connectivity index (χ4v) is 4.19. The third-order valence-electron chi connectivity index (χ3n) is 6.05. The molecule has 0 radical (unpaired) electrons. The summed E-state index contributed by atoms with van der Waals surface area (Å²) in [5.41, 5.74) is -0.0573. The molecule has 0 atom stereocenters. The van der Waals surface area contributed by atoms with Gasteiger partial charge in [0.05, 0.1) is 16.5 Å². The average molecular weight is 503 g/mol. The van der Waals surface area contributed by atoms with Gasteiger partial charge in [-0.15, -0.1) is 0 Å². The number of aliphatic carboxylic acids is 1. The van der Waals surface area contributed by atoms with E-state index in [0.29, 0.717) is 29.5 Å². The predicted molar refractivity (Wildman–Crippen MR) is 138 cm³/mol. The lowest BCUT2D eigenvalue weighted by Crippen LogP contribution is -2.48. The summed E-state index contributed by atoms with van der Waals surface area (Å²) in [6.45, 7) is 4.31. The number of aliphatic hydroxyl groups is 1. The second kappa shape index (κ2) is 13.1. The Balaban J connectivity index is 2.22. The summed E-state index contributed by atoms with van der Waals surface area (Å²) in [4.78, 5) is 29.3. The van der Waals surface area contributed by atoms with Crippen LogP contribution in [0.15, 0.2) is 97.1 Å². The number of hydrogen-bond donors (Lipinski definition) is 1. The number of carboxylic acid groups (broad SMARTS) is 1. The van der Waals surface area contributed by atoms with E-state index in [1.54, 1.807) is 66.9 Å². The molecule has 0 saturated carbocycles. The molecule has 0 aromatic heterocycles. The number of nitro benzene ring substituents is 1. The zero-order valence-electron chi connectivity index (χ0n) is 20.5. The molecule has 37 heavy (non-hydrogen) atoms. The van der Waals surface area contributed by atoms with Crippen LogP contribution in [0.4, 0.5) is 5.69 Å². The molecular weight excluding hydrogens is 472 g/mol. The maximum Gasteiger partial charge on any atom is 0.287 e. The van der Waals surface area contributed by atoms with Crippen LogP contribution in [0, 0.1) is 10.1 Å². The van der Waals surface area contributed by atoms with E-state index < -0.39 is 16.4 Å². The molecule has 1 N–H and O–H groups in total. The molecule has 0 aliphatic rings. The molecule has 3 aromatic rings. The molecule has 8 nitrogen and oxygen atoms in total. The van der Waals surface area contributed by atoms with E-state index in [-0.39, 0.29) is 24.5 Å². The number of benzene rings is 3. The molecule has 0 amide bonds. The van der Waals surface area contributed by atoms with Gasteiger partial charge < -0.3 is 15.0 Å². The highest BCUT2D eigenvalue weighted by Crippen LogP contribution is 2.40. The molecule has 0 heterocycles. The second-order valence-corrected chi connectivity index (χ2v) is 8.48. The highest BCUT2D eigenvalue weighted by atomic mass is 16.7. The van der Waals surface area contributed by atoms with Crippen molar-refractivity contribution in [3.63, 3.8) is 0 Å². The van der Waals surface area contributed by atoms with Crippen molar-refractivity contribution < 1.29 is 29.5 Å². The fraction of sp³-hybridized carbons (Fsp3) is 0.241. The van der Waals surface area contributed by atoms with Crippen LogP contribution in [0.2, 0.25) is 0 Å². The van der Waals surface area contributed by atoms with Crippen molar-refractivity contribution in [1.82, 2.24) is 0 Å². The Morgan fingerprint density at radius 1 is 0.892 bits per heavy atom. The monoisotopic (exact) mass is 502 g/mol. The van der Waals surface area contributed by atoms with E-state index in [0.717, 1.165) is 12.8 Å². The summed E-state index contributed by atoms with van der Waals surface area (Å²) in [6, 6.07) is 23.9. The summed E-state index contributed by atoms with van der Waals surface area (Å²) >= 11 is 0. The average Bonchev–Trinajstić information content (AvgIpc) is 2.92. The van der Waals surface area contributed by atoms with E-state index in [1.807, 2.05) is 12.1 Å². The van der Waals surface area contributed by atoms with Gasteiger partial charge in [-0.2, -0.15) is 0 Å². The van der Waals surface area contributed by atoms with E-state index in [4.69, 9.17) is 9.94 Å². The number of carbonyl (C=O) groups excluding carboxylic acids is 1. The first-order valence-electron chi connectivity index (χ1n) is 12.1. The van der Waals surface area contributed by atoms with Crippen molar-refractivity contribution in [3.05, 3.63) is 124 Å². The molecule has 192 valence electrons. The maximum absolute atomic E-state index is 12.4. The van der Waals surface area contributed by atoms with Crippen molar-refractivity contribution in [2.45, 2.75) is 31.2 Å². The highest BCUT2D eigenvalue weighted by molar-refractivity contribution is 5.88. The second-order valence-electron chi connectivity index (χ2n) is 8.48. The summed E-state index contributed by atoms with van der Waals surface area (Å²) in [7, 11) is 0. The van der Waals surface area contributed by atoms with Gasteiger partial charge in [0.2, 0.25) is 6.21 Å². The van der Waals surface area contributed by atoms with E-state index >= 15 is 0 Å². The van der Waals surface area contributed by atoms with Gasteiger partial charge in [0.15, 0.2) is 6.61 Å². The predicted octanol–water partition coefficient (Wildman–Crippen LogP) is 3.76. The lowest BCUT2D eigenvalue weighted by molar-refractivity contribution is -0.828. The number of non-ortho nitro benzene ring substituents is 1. The van der Waals surface area contributed by atoms with Gasteiger partial charge in [0, 0.05) is 35.4 Å². The highest BCUT2D eigenvalue weighted by Gasteiger charge is 2.51. The number of unbranched alkanes of at least 4 members (excludes halogenated alkanes) is 3. The number of nitro groups is 1. The largest absolute Gasteiger partial charge is 0.545 e. The normalized spacial score (nSPS) is 11.6. The molecule has 3 rings (SSSR count). The molecule has 0 bridgehead atoms. The zero-order valence-corrected chi connectivity index (χ0v) is 20.5. The number of hydrogen-bond acceptors (Lipinski definition) is 6. The Morgan fingerprint density at radius 3 is 1.92 bits per heavy atom. The molecule has 0 aliphatic heterocycles. The third-order valence-corrected chi connectivity index (χ3v) is 6.05. The number of nitrogens with zero attached hydrogens (tertiary/aromatic N) is 2. The Morgan fingerprint density at radius 2 is 1.43 bits per heavy atom. The first-order valence-corrected chi connectivity index (χ1v) is 12.1. The Hall–Kier alpha value is -4.30. The van der Waals surface area contributed by atoms with Crippen LogP contribution in [-0.2, 0) is 15.2 Å². The summed E-state index contributed by atoms with van der Waals surface area (Å²) < 4.78 is 1.46. The van der Waals surface area contributed by atoms with Crippen LogP contribution < -0.4 is 5.11 Å². The van der Waals surface area contributed by atoms with Gasteiger partial charge in [-0.3, -0.25) is 15.0 Å². The lowest BCUT2D eigenvalue weighted by atomic mass is 9.77. The molecule has 0 fully saturated rings. The van der Waals surface area contributed by atoms with Crippen molar-refractivity contribution >= 4 is 17.9 Å². The topological polar surface area (TPSA) is 116 Å². The minimum Gasteiger partial charge on any atom is -0.545 e. The van der Waals surface area contributed by atoms with Gasteiger partial charge >= 0.3 is 0 Å². The van der Waals surface area contributed by atoms with Crippen molar-refractivity contribution in [2.75, 3.05) is 13.2 Å². The molecular formula is C29H30N2O6. The van der Waals surface area contributed by atoms with E-state index in [1.165, 1.54) is 16.9 Å². The minimum atomic E-state index is -1.51.